The van der Waals surface area contributed by atoms with Gasteiger partial charge in [0, 0.05) is 14.2 Å². The standard InChI is InChI=1S/C12H21NO4/c1-8(14)6-12(15)13-10-7-9(16-2)4-5-11(10)17-3/h9-11H,4-7H2,1-3H3,(H,13,15). The van der Waals surface area contributed by atoms with Gasteiger partial charge in [0.2, 0.25) is 5.91 Å². The van der Waals surface area contributed by atoms with Crippen LogP contribution in [0.5, 0.6) is 0 Å². The van der Waals surface area contributed by atoms with E-state index in [4.69, 9.17) is 9.47 Å². The van der Waals surface area contributed by atoms with Gasteiger partial charge in [0.25, 0.3) is 0 Å². The van der Waals surface area contributed by atoms with Crippen LogP contribution in [0.2, 0.25) is 0 Å². The zero-order chi connectivity index (χ0) is 12.8. The molecule has 1 N–H and O–H groups in total. The molecule has 3 unspecified atom stereocenters. The van der Waals surface area contributed by atoms with E-state index in [1.54, 1.807) is 14.2 Å². The number of ether oxygens (including phenoxy) is 2. The fraction of sp³-hybridized carbons (Fsp3) is 0.833. The molecule has 17 heavy (non-hydrogen) atoms. The van der Waals surface area contributed by atoms with Crippen LogP contribution in [0, 0.1) is 0 Å². The Morgan fingerprint density at radius 3 is 2.47 bits per heavy atom. The van der Waals surface area contributed by atoms with E-state index in [1.165, 1.54) is 6.92 Å². The molecule has 0 saturated heterocycles. The molecule has 0 aromatic carbocycles. The molecular weight excluding hydrogens is 222 g/mol. The summed E-state index contributed by atoms with van der Waals surface area (Å²) in [5.74, 6) is -0.364. The summed E-state index contributed by atoms with van der Waals surface area (Å²) in [5.41, 5.74) is 0. The second kappa shape index (κ2) is 6.71. The fourth-order valence-electron chi connectivity index (χ4n) is 2.24. The molecule has 1 amide bonds. The van der Waals surface area contributed by atoms with Gasteiger partial charge in [0.1, 0.15) is 5.78 Å². The Kier molecular flexibility index (Phi) is 5.58. The maximum atomic E-state index is 11.5. The fourth-order valence-corrected chi connectivity index (χ4v) is 2.24. The highest BCUT2D eigenvalue weighted by Gasteiger charge is 2.31. The quantitative estimate of drug-likeness (QED) is 0.721. The zero-order valence-electron chi connectivity index (χ0n) is 10.7. The topological polar surface area (TPSA) is 64.6 Å². The molecule has 0 aliphatic heterocycles. The predicted molar refractivity (Wildman–Crippen MR) is 62.7 cm³/mol. The summed E-state index contributed by atoms with van der Waals surface area (Å²) in [7, 11) is 3.31. The van der Waals surface area contributed by atoms with Crippen molar-refractivity contribution in [1.82, 2.24) is 5.32 Å². The minimum atomic E-state index is -0.235. The van der Waals surface area contributed by atoms with Crippen molar-refractivity contribution >= 4 is 11.7 Å². The number of carbonyl (C=O) groups excluding carboxylic acids is 2. The van der Waals surface area contributed by atoms with Crippen molar-refractivity contribution in [2.24, 2.45) is 0 Å². The third kappa shape index (κ3) is 4.44. The van der Waals surface area contributed by atoms with E-state index in [9.17, 15) is 9.59 Å². The van der Waals surface area contributed by atoms with Crippen LogP contribution in [-0.2, 0) is 19.1 Å². The molecule has 1 fully saturated rings. The van der Waals surface area contributed by atoms with Crippen molar-refractivity contribution < 1.29 is 19.1 Å². The highest BCUT2D eigenvalue weighted by molar-refractivity contribution is 5.96. The van der Waals surface area contributed by atoms with Gasteiger partial charge in [-0.1, -0.05) is 0 Å². The average Bonchev–Trinajstić information content (AvgIpc) is 2.27. The van der Waals surface area contributed by atoms with Crippen LogP contribution < -0.4 is 5.32 Å². The highest BCUT2D eigenvalue weighted by Crippen LogP contribution is 2.23. The number of rotatable bonds is 5. The molecule has 0 heterocycles. The summed E-state index contributed by atoms with van der Waals surface area (Å²) < 4.78 is 10.7. The third-order valence-electron chi connectivity index (χ3n) is 3.13. The zero-order valence-corrected chi connectivity index (χ0v) is 10.7. The van der Waals surface area contributed by atoms with E-state index in [0.29, 0.717) is 0 Å². The van der Waals surface area contributed by atoms with Crippen LogP contribution >= 0.6 is 0 Å². The molecule has 98 valence electrons. The van der Waals surface area contributed by atoms with Gasteiger partial charge in [-0.25, -0.2) is 0 Å². The Morgan fingerprint density at radius 1 is 1.24 bits per heavy atom. The monoisotopic (exact) mass is 243 g/mol. The lowest BCUT2D eigenvalue weighted by Crippen LogP contribution is -2.49. The van der Waals surface area contributed by atoms with Crippen molar-refractivity contribution in [3.63, 3.8) is 0 Å². The number of methoxy groups -OCH3 is 2. The van der Waals surface area contributed by atoms with Crippen LogP contribution in [0.4, 0.5) is 0 Å². The lowest BCUT2D eigenvalue weighted by Gasteiger charge is -2.35. The first-order valence-electron chi connectivity index (χ1n) is 5.91. The summed E-state index contributed by atoms with van der Waals surface area (Å²) in [5, 5.41) is 2.85. The molecule has 3 atom stereocenters. The molecule has 0 spiro atoms. The van der Waals surface area contributed by atoms with Gasteiger partial charge >= 0.3 is 0 Å². The van der Waals surface area contributed by atoms with E-state index in [2.05, 4.69) is 5.32 Å². The molecule has 1 aliphatic carbocycles. The van der Waals surface area contributed by atoms with Crippen molar-refractivity contribution in [2.75, 3.05) is 14.2 Å². The normalized spacial score (nSPS) is 28.8. The summed E-state index contributed by atoms with van der Waals surface area (Å²) in [6.07, 6.45) is 2.64. The Hall–Kier alpha value is -0.940. The van der Waals surface area contributed by atoms with Gasteiger partial charge in [0.15, 0.2) is 0 Å². The largest absolute Gasteiger partial charge is 0.381 e. The minimum Gasteiger partial charge on any atom is -0.381 e. The Balaban J connectivity index is 2.51. The molecule has 1 saturated carbocycles. The lowest BCUT2D eigenvalue weighted by molar-refractivity contribution is -0.129. The molecule has 5 nitrogen and oxygen atoms in total. The second-order valence-electron chi connectivity index (χ2n) is 4.50. The molecule has 0 aromatic heterocycles. The highest BCUT2D eigenvalue weighted by atomic mass is 16.5. The van der Waals surface area contributed by atoms with Crippen LogP contribution in [0.15, 0.2) is 0 Å². The molecule has 0 aromatic rings. The predicted octanol–water partition coefficient (Wildman–Crippen LogP) is 0.664. The van der Waals surface area contributed by atoms with Crippen LogP contribution in [0.1, 0.15) is 32.6 Å². The lowest BCUT2D eigenvalue weighted by atomic mass is 9.90. The maximum absolute atomic E-state index is 11.5. The molecule has 1 aliphatic rings. The number of amides is 1. The number of nitrogens with one attached hydrogen (secondary N) is 1. The van der Waals surface area contributed by atoms with Gasteiger partial charge in [-0.3, -0.25) is 9.59 Å². The van der Waals surface area contributed by atoms with E-state index in [1.807, 2.05) is 0 Å². The molecule has 5 heteroatoms. The third-order valence-corrected chi connectivity index (χ3v) is 3.13. The van der Waals surface area contributed by atoms with Crippen LogP contribution in [0.3, 0.4) is 0 Å². The molecule has 0 radical (unpaired) electrons. The van der Waals surface area contributed by atoms with Crippen molar-refractivity contribution in [2.45, 2.75) is 50.9 Å². The number of hydrogen-bond donors (Lipinski definition) is 1. The Bertz CT molecular complexity index is 280. The summed E-state index contributed by atoms with van der Waals surface area (Å²) in [6, 6.07) is -0.0643. The van der Waals surface area contributed by atoms with E-state index < -0.39 is 0 Å². The summed E-state index contributed by atoms with van der Waals surface area (Å²) >= 11 is 0. The maximum Gasteiger partial charge on any atom is 0.227 e. The van der Waals surface area contributed by atoms with Crippen molar-refractivity contribution in [1.29, 1.82) is 0 Å². The van der Waals surface area contributed by atoms with Crippen molar-refractivity contribution in [3.05, 3.63) is 0 Å². The molecular formula is C12H21NO4. The van der Waals surface area contributed by atoms with Gasteiger partial charge in [-0.15, -0.1) is 0 Å². The second-order valence-corrected chi connectivity index (χ2v) is 4.50. The first-order chi connectivity index (χ1) is 8.06. The van der Waals surface area contributed by atoms with Gasteiger partial charge in [0.05, 0.1) is 24.7 Å². The summed E-state index contributed by atoms with van der Waals surface area (Å²) in [6.45, 7) is 1.41. The Labute approximate surface area is 102 Å². The van der Waals surface area contributed by atoms with Crippen LogP contribution in [0.25, 0.3) is 0 Å². The van der Waals surface area contributed by atoms with Gasteiger partial charge < -0.3 is 14.8 Å². The first kappa shape index (κ1) is 14.1. The number of hydrogen-bond acceptors (Lipinski definition) is 4. The molecule has 0 bridgehead atoms. The van der Waals surface area contributed by atoms with E-state index in [0.717, 1.165) is 19.3 Å². The smallest absolute Gasteiger partial charge is 0.227 e. The van der Waals surface area contributed by atoms with E-state index in [-0.39, 0.29) is 36.4 Å². The summed E-state index contributed by atoms with van der Waals surface area (Å²) in [4.78, 5) is 22.4. The first-order valence-corrected chi connectivity index (χ1v) is 5.91. The average molecular weight is 243 g/mol. The van der Waals surface area contributed by atoms with E-state index >= 15 is 0 Å². The number of ketones is 1. The molecule has 1 rings (SSSR count). The number of carbonyl (C=O) groups is 2. The van der Waals surface area contributed by atoms with Gasteiger partial charge in [-0.2, -0.15) is 0 Å². The van der Waals surface area contributed by atoms with Crippen molar-refractivity contribution in [3.8, 4) is 0 Å². The minimum absolute atomic E-state index is 0.0114. The Morgan fingerprint density at radius 2 is 1.94 bits per heavy atom. The SMILES string of the molecule is COC1CCC(OC)C(NC(=O)CC(C)=O)C1. The number of Topliss-reactive ketones (excluding diaryl/α,β-unsaturated/α-hetero) is 1. The van der Waals surface area contributed by atoms with Gasteiger partial charge in [-0.05, 0) is 26.2 Å². The van der Waals surface area contributed by atoms with Crippen LogP contribution in [-0.4, -0.2) is 44.2 Å².